The molecule has 0 aromatic carbocycles. The van der Waals surface area contributed by atoms with Gasteiger partial charge in [0, 0.05) is 25.7 Å². The maximum atomic E-state index is 13.2. The Morgan fingerprint density at radius 1 is 0.264 bits per heavy atom. The van der Waals surface area contributed by atoms with Crippen LogP contribution in [0.1, 0.15) is 485 Å². The molecule has 19 heteroatoms. The van der Waals surface area contributed by atoms with Gasteiger partial charge in [0.15, 0.2) is 12.2 Å². The molecule has 0 spiro atoms. The molecule has 654 valence electrons. The van der Waals surface area contributed by atoms with Crippen LogP contribution in [0.15, 0.2) is 0 Å². The van der Waals surface area contributed by atoms with Crippen LogP contribution in [-0.4, -0.2) is 96.7 Å². The Morgan fingerprint density at radius 2 is 0.464 bits per heavy atom. The van der Waals surface area contributed by atoms with E-state index in [1.807, 2.05) is 0 Å². The zero-order valence-electron chi connectivity index (χ0n) is 72.7. The highest BCUT2D eigenvalue weighted by Gasteiger charge is 2.31. The summed E-state index contributed by atoms with van der Waals surface area (Å²) in [6, 6.07) is 0. The smallest absolute Gasteiger partial charge is 0.462 e. The number of hydrogen-bond donors (Lipinski definition) is 3. The molecule has 0 amide bonds. The number of esters is 4. The summed E-state index contributed by atoms with van der Waals surface area (Å²) >= 11 is 0. The number of rotatable bonds is 89. The first-order valence-electron chi connectivity index (χ1n) is 46.9. The Labute approximate surface area is 677 Å². The standard InChI is InChI=1S/C91H178O17P2/c1-8-11-12-13-14-15-16-17-18-19-20-21-25-28-33-38-43-51-58-65-72-88(93)101-78-86(107-90(95)74-67-60-53-44-39-34-29-26-23-22-24-27-32-37-42-49-56-63-70-83(6)9-2)80-105-109(97,98)103-76-85(92)77-104-110(99,100)106-81-87(79-102-89(94)73-66-59-52-47-46-50-57-64-71-84(7)10-3)108-91(96)75-68-61-54-45-40-35-30-31-36-41-48-55-62-69-82(4)5/h82-87,92H,8-81H2,1-7H3,(H,97,98)(H,99,100)/t83?,84?,85-,86-,87-/m1/s1. The predicted molar refractivity (Wildman–Crippen MR) is 455 cm³/mol. The Balaban J connectivity index is 5.25. The highest BCUT2D eigenvalue weighted by molar-refractivity contribution is 7.47. The summed E-state index contributed by atoms with van der Waals surface area (Å²) in [7, 11) is -9.94. The van der Waals surface area contributed by atoms with Crippen LogP contribution < -0.4 is 0 Å². The maximum absolute atomic E-state index is 13.2. The maximum Gasteiger partial charge on any atom is 0.472 e. The lowest BCUT2D eigenvalue weighted by Gasteiger charge is -2.21. The lowest BCUT2D eigenvalue weighted by molar-refractivity contribution is -0.161. The molecule has 17 nitrogen and oxygen atoms in total. The summed E-state index contributed by atoms with van der Waals surface area (Å²) in [5, 5.41) is 10.7. The van der Waals surface area contributed by atoms with Gasteiger partial charge in [-0.15, -0.1) is 0 Å². The molecular weight excluding hydrogens is 1430 g/mol. The summed E-state index contributed by atoms with van der Waals surface area (Å²) in [5.41, 5.74) is 0. The molecule has 0 aliphatic rings. The number of aliphatic hydroxyl groups is 1. The number of ether oxygens (including phenoxy) is 4. The predicted octanol–water partition coefficient (Wildman–Crippen LogP) is 28.0. The first-order chi connectivity index (χ1) is 53.3. The summed E-state index contributed by atoms with van der Waals surface area (Å²) < 4.78 is 69.1. The van der Waals surface area contributed by atoms with Crippen LogP contribution in [0.25, 0.3) is 0 Å². The number of aliphatic hydroxyl groups excluding tert-OH is 1. The van der Waals surface area contributed by atoms with Crippen LogP contribution in [0, 0.1) is 17.8 Å². The zero-order valence-corrected chi connectivity index (χ0v) is 74.5. The van der Waals surface area contributed by atoms with Gasteiger partial charge < -0.3 is 33.8 Å². The zero-order chi connectivity index (χ0) is 80.8. The van der Waals surface area contributed by atoms with Crippen LogP contribution in [0.2, 0.25) is 0 Å². The third kappa shape index (κ3) is 81.2. The summed E-state index contributed by atoms with van der Waals surface area (Å²) in [4.78, 5) is 73.4. The highest BCUT2D eigenvalue weighted by atomic mass is 31.2. The van der Waals surface area contributed by atoms with Crippen molar-refractivity contribution in [2.24, 2.45) is 17.8 Å². The molecule has 0 bridgehead atoms. The third-order valence-electron chi connectivity index (χ3n) is 22.1. The molecule has 0 aromatic rings. The van der Waals surface area contributed by atoms with E-state index in [1.54, 1.807) is 0 Å². The molecule has 0 saturated carbocycles. The Morgan fingerprint density at radius 3 is 0.691 bits per heavy atom. The van der Waals surface area contributed by atoms with E-state index >= 15 is 0 Å². The Kier molecular flexibility index (Phi) is 79.4. The van der Waals surface area contributed by atoms with Crippen LogP contribution in [-0.2, 0) is 65.4 Å². The number of carbonyl (C=O) groups is 4. The second-order valence-electron chi connectivity index (χ2n) is 33.7. The molecule has 0 fully saturated rings. The average Bonchev–Trinajstić information content (AvgIpc) is 0.897. The van der Waals surface area contributed by atoms with Gasteiger partial charge in [-0.3, -0.25) is 37.3 Å². The Hall–Kier alpha value is -1.94. The lowest BCUT2D eigenvalue weighted by atomic mass is 9.99. The molecule has 3 N–H and O–H groups in total. The minimum atomic E-state index is -4.97. The molecule has 0 aromatic heterocycles. The van der Waals surface area contributed by atoms with Crippen molar-refractivity contribution in [1.82, 2.24) is 0 Å². The van der Waals surface area contributed by atoms with E-state index in [1.165, 1.54) is 295 Å². The fraction of sp³-hybridized carbons (Fsp3) is 0.956. The molecular formula is C91H178O17P2. The van der Waals surface area contributed by atoms with Crippen LogP contribution >= 0.6 is 15.6 Å². The Bertz CT molecular complexity index is 2120. The monoisotopic (exact) mass is 1610 g/mol. The molecule has 7 atom stereocenters. The third-order valence-corrected chi connectivity index (χ3v) is 24.0. The second kappa shape index (κ2) is 80.8. The van der Waals surface area contributed by atoms with Gasteiger partial charge in [-0.25, -0.2) is 9.13 Å². The molecule has 0 aliphatic carbocycles. The van der Waals surface area contributed by atoms with Crippen molar-refractivity contribution in [3.63, 3.8) is 0 Å². The van der Waals surface area contributed by atoms with E-state index in [2.05, 4.69) is 48.5 Å². The second-order valence-corrected chi connectivity index (χ2v) is 36.6. The summed E-state index contributed by atoms with van der Waals surface area (Å²) in [6.45, 7) is 12.1. The lowest BCUT2D eigenvalue weighted by Crippen LogP contribution is -2.30. The van der Waals surface area contributed by atoms with Crippen molar-refractivity contribution in [3.05, 3.63) is 0 Å². The van der Waals surface area contributed by atoms with Crippen molar-refractivity contribution in [2.45, 2.75) is 503 Å². The van der Waals surface area contributed by atoms with Gasteiger partial charge in [0.05, 0.1) is 26.4 Å². The highest BCUT2D eigenvalue weighted by Crippen LogP contribution is 2.45. The van der Waals surface area contributed by atoms with Gasteiger partial charge >= 0.3 is 39.5 Å². The average molecular weight is 1610 g/mol. The first-order valence-corrected chi connectivity index (χ1v) is 49.9. The molecule has 0 rings (SSSR count). The first kappa shape index (κ1) is 108. The van der Waals surface area contributed by atoms with E-state index in [9.17, 15) is 43.2 Å². The van der Waals surface area contributed by atoms with Crippen molar-refractivity contribution in [1.29, 1.82) is 0 Å². The van der Waals surface area contributed by atoms with Gasteiger partial charge in [0.25, 0.3) is 0 Å². The topological polar surface area (TPSA) is 237 Å². The number of hydrogen-bond acceptors (Lipinski definition) is 15. The van der Waals surface area contributed by atoms with E-state index in [0.717, 1.165) is 108 Å². The number of phosphoric ester groups is 2. The van der Waals surface area contributed by atoms with Gasteiger partial charge in [0.2, 0.25) is 0 Å². The van der Waals surface area contributed by atoms with Gasteiger partial charge in [-0.05, 0) is 43.4 Å². The van der Waals surface area contributed by atoms with Crippen molar-refractivity contribution in [3.8, 4) is 0 Å². The van der Waals surface area contributed by atoms with Crippen LogP contribution in [0.3, 0.4) is 0 Å². The fourth-order valence-corrected chi connectivity index (χ4v) is 15.8. The largest absolute Gasteiger partial charge is 0.472 e. The van der Waals surface area contributed by atoms with Gasteiger partial charge in [-0.1, -0.05) is 434 Å². The molecule has 0 heterocycles. The van der Waals surface area contributed by atoms with E-state index in [4.69, 9.17) is 37.0 Å². The van der Waals surface area contributed by atoms with Crippen molar-refractivity contribution < 1.29 is 80.2 Å². The van der Waals surface area contributed by atoms with Crippen molar-refractivity contribution in [2.75, 3.05) is 39.6 Å². The quantitative estimate of drug-likeness (QED) is 0.0222. The summed E-state index contributed by atoms with van der Waals surface area (Å²) in [6.07, 6.45) is 73.6. The van der Waals surface area contributed by atoms with Gasteiger partial charge in [0.1, 0.15) is 19.3 Å². The van der Waals surface area contributed by atoms with Crippen LogP contribution in [0.5, 0.6) is 0 Å². The van der Waals surface area contributed by atoms with E-state index in [-0.39, 0.29) is 25.7 Å². The normalized spacial score (nSPS) is 14.3. The molecule has 0 aliphatic heterocycles. The number of phosphoric acid groups is 2. The summed E-state index contributed by atoms with van der Waals surface area (Å²) in [5.74, 6) is 0.336. The van der Waals surface area contributed by atoms with Gasteiger partial charge in [-0.2, -0.15) is 0 Å². The SMILES string of the molecule is CCCCCCCCCCCCCCCCCCCCCCC(=O)OC[C@H](COP(=O)(O)OC[C@@H](O)COP(=O)(O)OC[C@@H](COC(=O)CCCCCCCCCCC(C)CC)OC(=O)CCCCCCCCCCCCCCCC(C)C)OC(=O)CCCCCCCCCCCCCCCCCCCCC(C)CC. The number of unbranched alkanes of at least 4 members (excludes halogenated alkanes) is 55. The fourth-order valence-electron chi connectivity index (χ4n) is 14.2. The van der Waals surface area contributed by atoms with E-state index in [0.29, 0.717) is 25.7 Å². The molecule has 0 radical (unpaired) electrons. The van der Waals surface area contributed by atoms with E-state index < -0.39 is 97.5 Å². The molecule has 4 unspecified atom stereocenters. The minimum absolute atomic E-state index is 0.107. The minimum Gasteiger partial charge on any atom is -0.462 e. The number of carbonyl (C=O) groups excluding carboxylic acids is 4. The van der Waals surface area contributed by atoms with Crippen LogP contribution in [0.4, 0.5) is 0 Å². The van der Waals surface area contributed by atoms with Crippen molar-refractivity contribution >= 4 is 39.5 Å². The molecule has 110 heavy (non-hydrogen) atoms. The molecule has 0 saturated heterocycles.